The highest BCUT2D eigenvalue weighted by atomic mass is 16.5. The Morgan fingerprint density at radius 3 is 2.46 bits per heavy atom. The maximum Gasteiger partial charge on any atom is 0.126 e. The smallest absolute Gasteiger partial charge is 0.126 e. The van der Waals surface area contributed by atoms with Crippen LogP contribution in [-0.2, 0) is 5.60 Å². The SMILES string of the molecule is COc1cc(N)ccc1C(C)(C)O. The Labute approximate surface area is 78.1 Å². The highest BCUT2D eigenvalue weighted by Gasteiger charge is 2.20. The Morgan fingerprint density at radius 2 is 2.00 bits per heavy atom. The Bertz CT molecular complexity index is 302. The fourth-order valence-corrected chi connectivity index (χ4v) is 1.21. The average Bonchev–Trinajstić information content (AvgIpc) is 2.01. The minimum atomic E-state index is -0.904. The van der Waals surface area contributed by atoms with Gasteiger partial charge in [0, 0.05) is 17.3 Å². The molecular weight excluding hydrogens is 166 g/mol. The van der Waals surface area contributed by atoms with Gasteiger partial charge < -0.3 is 15.6 Å². The number of nitrogens with two attached hydrogens (primary N) is 1. The van der Waals surface area contributed by atoms with Gasteiger partial charge in [0.05, 0.1) is 12.7 Å². The molecule has 1 aromatic carbocycles. The minimum Gasteiger partial charge on any atom is -0.496 e. The number of anilines is 1. The van der Waals surface area contributed by atoms with Gasteiger partial charge in [-0.15, -0.1) is 0 Å². The zero-order valence-electron chi connectivity index (χ0n) is 8.16. The maximum atomic E-state index is 9.77. The van der Waals surface area contributed by atoms with Crippen LogP contribution in [0.1, 0.15) is 19.4 Å². The molecule has 0 atom stereocenters. The van der Waals surface area contributed by atoms with Crippen molar-refractivity contribution in [2.75, 3.05) is 12.8 Å². The molecule has 0 heterocycles. The van der Waals surface area contributed by atoms with E-state index in [1.807, 2.05) is 0 Å². The van der Waals surface area contributed by atoms with Crippen LogP contribution in [0.3, 0.4) is 0 Å². The van der Waals surface area contributed by atoms with Crippen LogP contribution in [0, 0.1) is 0 Å². The van der Waals surface area contributed by atoms with E-state index in [1.54, 1.807) is 39.2 Å². The maximum absolute atomic E-state index is 9.77. The minimum absolute atomic E-state index is 0.618. The first-order chi connectivity index (χ1) is 5.95. The van der Waals surface area contributed by atoms with E-state index in [9.17, 15) is 5.11 Å². The molecule has 0 saturated heterocycles. The van der Waals surface area contributed by atoms with E-state index in [0.29, 0.717) is 11.4 Å². The zero-order chi connectivity index (χ0) is 10.1. The van der Waals surface area contributed by atoms with Crippen molar-refractivity contribution in [3.8, 4) is 5.75 Å². The topological polar surface area (TPSA) is 55.5 Å². The second kappa shape index (κ2) is 3.26. The van der Waals surface area contributed by atoms with Crippen molar-refractivity contribution >= 4 is 5.69 Å². The molecule has 0 fully saturated rings. The van der Waals surface area contributed by atoms with Gasteiger partial charge in [-0.2, -0.15) is 0 Å². The number of hydrogen-bond donors (Lipinski definition) is 2. The van der Waals surface area contributed by atoms with Crippen LogP contribution in [-0.4, -0.2) is 12.2 Å². The zero-order valence-corrected chi connectivity index (χ0v) is 8.16. The molecule has 3 heteroatoms. The molecule has 1 rings (SSSR count). The number of aliphatic hydroxyl groups is 1. The Kier molecular flexibility index (Phi) is 2.48. The molecule has 0 aliphatic heterocycles. The second-order valence-corrected chi connectivity index (χ2v) is 3.52. The molecule has 0 spiro atoms. The van der Waals surface area contributed by atoms with Crippen molar-refractivity contribution in [3.05, 3.63) is 23.8 Å². The predicted octanol–water partition coefficient (Wildman–Crippen LogP) is 1.50. The van der Waals surface area contributed by atoms with Gasteiger partial charge in [0.2, 0.25) is 0 Å². The molecule has 1 aromatic rings. The number of nitrogen functional groups attached to an aromatic ring is 1. The van der Waals surface area contributed by atoms with Crippen molar-refractivity contribution in [2.45, 2.75) is 19.4 Å². The summed E-state index contributed by atoms with van der Waals surface area (Å²) in [6.07, 6.45) is 0. The highest BCUT2D eigenvalue weighted by molar-refractivity contribution is 5.50. The molecule has 0 unspecified atom stereocenters. The van der Waals surface area contributed by atoms with Gasteiger partial charge in [-0.3, -0.25) is 0 Å². The third-order valence-electron chi connectivity index (χ3n) is 1.88. The molecule has 3 N–H and O–H groups in total. The van der Waals surface area contributed by atoms with Gasteiger partial charge in [-0.1, -0.05) is 6.07 Å². The monoisotopic (exact) mass is 181 g/mol. The van der Waals surface area contributed by atoms with Crippen LogP contribution >= 0.6 is 0 Å². The van der Waals surface area contributed by atoms with Crippen molar-refractivity contribution < 1.29 is 9.84 Å². The summed E-state index contributed by atoms with van der Waals surface area (Å²) in [6.45, 7) is 3.42. The van der Waals surface area contributed by atoms with Gasteiger partial charge in [0.25, 0.3) is 0 Å². The molecule has 0 aromatic heterocycles. The van der Waals surface area contributed by atoms with Gasteiger partial charge in [-0.25, -0.2) is 0 Å². The van der Waals surface area contributed by atoms with E-state index in [0.717, 1.165) is 5.56 Å². The van der Waals surface area contributed by atoms with Crippen LogP contribution < -0.4 is 10.5 Å². The van der Waals surface area contributed by atoms with Crippen molar-refractivity contribution in [3.63, 3.8) is 0 Å². The molecule has 0 amide bonds. The Balaban J connectivity index is 3.22. The summed E-state index contributed by atoms with van der Waals surface area (Å²) in [5.41, 5.74) is 6.05. The van der Waals surface area contributed by atoms with E-state index in [2.05, 4.69) is 0 Å². The van der Waals surface area contributed by atoms with Crippen LogP contribution in [0.15, 0.2) is 18.2 Å². The first-order valence-electron chi connectivity index (χ1n) is 4.11. The van der Waals surface area contributed by atoms with Crippen LogP contribution in [0.2, 0.25) is 0 Å². The molecule has 72 valence electrons. The van der Waals surface area contributed by atoms with Crippen LogP contribution in [0.25, 0.3) is 0 Å². The summed E-state index contributed by atoms with van der Waals surface area (Å²) in [4.78, 5) is 0. The van der Waals surface area contributed by atoms with Crippen molar-refractivity contribution in [2.24, 2.45) is 0 Å². The van der Waals surface area contributed by atoms with Gasteiger partial charge >= 0.3 is 0 Å². The standard InChI is InChI=1S/C10H15NO2/c1-10(2,12)8-5-4-7(11)6-9(8)13-3/h4-6,12H,11H2,1-3H3. The lowest BCUT2D eigenvalue weighted by molar-refractivity contribution is 0.0757. The fourth-order valence-electron chi connectivity index (χ4n) is 1.21. The van der Waals surface area contributed by atoms with E-state index in [1.165, 1.54) is 0 Å². The summed E-state index contributed by atoms with van der Waals surface area (Å²) in [7, 11) is 1.56. The van der Waals surface area contributed by atoms with E-state index in [-0.39, 0.29) is 0 Å². The Morgan fingerprint density at radius 1 is 1.38 bits per heavy atom. The molecule has 0 aliphatic carbocycles. The molecular formula is C10H15NO2. The first kappa shape index (κ1) is 9.86. The largest absolute Gasteiger partial charge is 0.496 e. The van der Waals surface area contributed by atoms with Crippen molar-refractivity contribution in [1.29, 1.82) is 0 Å². The number of benzene rings is 1. The lowest BCUT2D eigenvalue weighted by atomic mass is 9.97. The third kappa shape index (κ3) is 2.12. The first-order valence-corrected chi connectivity index (χ1v) is 4.11. The van der Waals surface area contributed by atoms with Crippen molar-refractivity contribution in [1.82, 2.24) is 0 Å². The van der Waals surface area contributed by atoms with Gasteiger partial charge in [0.15, 0.2) is 0 Å². The third-order valence-corrected chi connectivity index (χ3v) is 1.88. The quantitative estimate of drug-likeness (QED) is 0.680. The summed E-state index contributed by atoms with van der Waals surface area (Å²) in [5, 5.41) is 9.77. The normalized spacial score (nSPS) is 11.4. The molecule has 3 nitrogen and oxygen atoms in total. The number of hydrogen-bond acceptors (Lipinski definition) is 3. The van der Waals surface area contributed by atoms with E-state index < -0.39 is 5.60 Å². The summed E-state index contributed by atoms with van der Waals surface area (Å²) in [6, 6.07) is 5.22. The second-order valence-electron chi connectivity index (χ2n) is 3.52. The van der Waals surface area contributed by atoms with Gasteiger partial charge in [0.1, 0.15) is 5.75 Å². The lowest BCUT2D eigenvalue weighted by Crippen LogP contribution is -2.16. The van der Waals surface area contributed by atoms with E-state index in [4.69, 9.17) is 10.5 Å². The molecule has 0 aliphatic rings. The fraction of sp³-hybridized carbons (Fsp3) is 0.400. The van der Waals surface area contributed by atoms with Crippen LogP contribution in [0.4, 0.5) is 5.69 Å². The van der Waals surface area contributed by atoms with E-state index >= 15 is 0 Å². The summed E-state index contributed by atoms with van der Waals surface area (Å²) >= 11 is 0. The summed E-state index contributed by atoms with van der Waals surface area (Å²) in [5.74, 6) is 0.618. The molecule has 0 radical (unpaired) electrons. The number of methoxy groups -OCH3 is 1. The number of rotatable bonds is 2. The van der Waals surface area contributed by atoms with Crippen LogP contribution in [0.5, 0.6) is 5.75 Å². The summed E-state index contributed by atoms with van der Waals surface area (Å²) < 4.78 is 5.11. The average molecular weight is 181 g/mol. The van der Waals surface area contributed by atoms with Gasteiger partial charge in [-0.05, 0) is 19.9 Å². The predicted molar refractivity (Wildman–Crippen MR) is 52.7 cm³/mol. The highest BCUT2D eigenvalue weighted by Crippen LogP contribution is 2.30. The number of ether oxygens (including phenoxy) is 1. The molecule has 0 bridgehead atoms. The lowest BCUT2D eigenvalue weighted by Gasteiger charge is -2.20. The molecule has 0 saturated carbocycles. The Hall–Kier alpha value is -1.22. The molecule has 13 heavy (non-hydrogen) atoms.